The first-order valence-electron chi connectivity index (χ1n) is 17.0. The second kappa shape index (κ2) is 19.2. The number of nitrogens with zero attached hydrogens (tertiary/aromatic N) is 1. The molecule has 0 saturated carbocycles. The zero-order valence-electron chi connectivity index (χ0n) is 30.8. The number of alkyl halides is 3. The molecular weight excluding hydrogens is 793 g/mol. The van der Waals surface area contributed by atoms with Gasteiger partial charge in [0, 0.05) is 35.2 Å². The summed E-state index contributed by atoms with van der Waals surface area (Å²) < 4.78 is 64.9. The van der Waals surface area contributed by atoms with Crippen molar-refractivity contribution in [1.82, 2.24) is 26.6 Å². The van der Waals surface area contributed by atoms with Crippen molar-refractivity contribution in [1.29, 1.82) is 0 Å². The van der Waals surface area contributed by atoms with Crippen molar-refractivity contribution >= 4 is 55.3 Å². The van der Waals surface area contributed by atoms with Crippen molar-refractivity contribution in [2.45, 2.75) is 64.5 Å². The molecule has 0 saturated heterocycles. The highest BCUT2D eigenvalue weighted by molar-refractivity contribution is 9.10. The summed E-state index contributed by atoms with van der Waals surface area (Å²) in [6.07, 6.45) is -3.33. The van der Waals surface area contributed by atoms with Crippen LogP contribution in [-0.2, 0) is 26.0 Å². The third-order valence-electron chi connectivity index (χ3n) is 8.45. The van der Waals surface area contributed by atoms with Crippen LogP contribution in [0.5, 0.6) is 0 Å². The topological polar surface area (TPSA) is 166 Å². The minimum Gasteiger partial charge on any atom is -0.348 e. The van der Waals surface area contributed by atoms with Gasteiger partial charge >= 0.3 is 6.18 Å². The minimum atomic E-state index is -4.62. The quantitative estimate of drug-likeness (QED) is 0.134. The number of hydrogen-bond donors (Lipinski definition) is 5. The van der Waals surface area contributed by atoms with Crippen molar-refractivity contribution < 1.29 is 40.8 Å². The highest BCUT2D eigenvalue weighted by Gasteiger charge is 2.32. The van der Waals surface area contributed by atoms with Crippen LogP contribution in [0.3, 0.4) is 0 Å². The average Bonchev–Trinajstić information content (AvgIpc) is 3.10. The van der Waals surface area contributed by atoms with Crippen molar-refractivity contribution in [2.24, 2.45) is 5.92 Å². The van der Waals surface area contributed by atoms with Gasteiger partial charge < -0.3 is 26.6 Å². The highest BCUT2D eigenvalue weighted by Crippen LogP contribution is 2.23. The molecule has 0 spiro atoms. The lowest BCUT2D eigenvalue weighted by Gasteiger charge is -2.26. The molecule has 0 radical (unpaired) electrons. The molecule has 1 unspecified atom stereocenters. The zero-order chi connectivity index (χ0) is 40.4. The van der Waals surface area contributed by atoms with Gasteiger partial charge in [-0.05, 0) is 67.6 Å². The zero-order valence-corrected chi connectivity index (χ0v) is 33.2. The second-order valence-corrected chi connectivity index (χ2v) is 16.2. The second-order valence-electron chi connectivity index (χ2n) is 13.3. The molecule has 0 aliphatic carbocycles. The summed E-state index contributed by atoms with van der Waals surface area (Å²) in [5.41, 5.74) is 1.78. The minimum absolute atomic E-state index is 0.00191. The normalized spacial score (nSPS) is 14.0. The van der Waals surface area contributed by atoms with E-state index in [-0.39, 0.29) is 23.4 Å². The summed E-state index contributed by atoms with van der Waals surface area (Å²) in [4.78, 5) is 52.9. The standard InChI is InChI=1S/C37H46BrF3N6O6S/c1-22(2)32(36(51)43-21-37(39,40)41)46-33(48)24(4)42-20-30(16-25-10-8-7-9-11-25)45-35(50)28-17-27(18-31(19-28)47(5)54(6,52)53)34(49)44-23(3)26-12-14-29(38)15-13-26/h7-15,17-19,22-24,30,32,42H,16,20-21H2,1-6H3,(H,43,51)(H,44,49)(H,45,50)(H,46,48)/t23-,24?,30+,32+/m1/s1. The molecule has 0 bridgehead atoms. The van der Waals surface area contributed by atoms with Gasteiger partial charge in [-0.25, -0.2) is 8.42 Å². The molecular formula is C37H46BrF3N6O6S. The number of carbonyl (C=O) groups excluding carboxylic acids is 4. The lowest BCUT2D eigenvalue weighted by Crippen LogP contribution is -2.56. The monoisotopic (exact) mass is 838 g/mol. The van der Waals surface area contributed by atoms with E-state index in [0.29, 0.717) is 6.42 Å². The Labute approximate surface area is 322 Å². The Morgan fingerprint density at radius 1 is 0.815 bits per heavy atom. The third kappa shape index (κ3) is 13.7. The number of carbonyl (C=O) groups is 4. The van der Waals surface area contributed by atoms with Crippen molar-refractivity contribution in [3.05, 3.63) is 99.5 Å². The first-order valence-corrected chi connectivity index (χ1v) is 19.7. The predicted molar refractivity (Wildman–Crippen MR) is 204 cm³/mol. The number of sulfonamides is 1. The van der Waals surface area contributed by atoms with Gasteiger partial charge in [0.1, 0.15) is 12.6 Å². The van der Waals surface area contributed by atoms with Gasteiger partial charge in [0.15, 0.2) is 0 Å². The Morgan fingerprint density at radius 3 is 1.93 bits per heavy atom. The van der Waals surface area contributed by atoms with Crippen LogP contribution in [0.25, 0.3) is 0 Å². The van der Waals surface area contributed by atoms with E-state index in [0.717, 1.165) is 26.2 Å². The fourth-order valence-electron chi connectivity index (χ4n) is 5.23. The van der Waals surface area contributed by atoms with Crippen molar-refractivity contribution in [2.75, 3.05) is 30.7 Å². The number of amides is 4. The first-order chi connectivity index (χ1) is 25.1. The Bertz CT molecular complexity index is 1880. The van der Waals surface area contributed by atoms with Crippen molar-refractivity contribution in [3.63, 3.8) is 0 Å². The van der Waals surface area contributed by atoms with Gasteiger partial charge in [0.25, 0.3) is 11.8 Å². The smallest absolute Gasteiger partial charge is 0.348 e. The van der Waals surface area contributed by atoms with E-state index in [4.69, 9.17) is 0 Å². The van der Waals surface area contributed by atoms with E-state index in [9.17, 15) is 40.8 Å². The van der Waals surface area contributed by atoms with Gasteiger partial charge in [-0.1, -0.05) is 72.2 Å². The molecule has 5 N–H and O–H groups in total. The average molecular weight is 840 g/mol. The lowest BCUT2D eigenvalue weighted by atomic mass is 10.0. The van der Waals surface area contributed by atoms with Crippen LogP contribution >= 0.6 is 15.9 Å². The molecule has 0 heterocycles. The number of hydrogen-bond acceptors (Lipinski definition) is 7. The molecule has 294 valence electrons. The molecule has 3 rings (SSSR count). The van der Waals surface area contributed by atoms with Crippen molar-refractivity contribution in [3.8, 4) is 0 Å². The van der Waals surface area contributed by atoms with Crippen LogP contribution in [0.15, 0.2) is 77.3 Å². The summed E-state index contributed by atoms with van der Waals surface area (Å²) in [7, 11) is -2.49. The Balaban J connectivity index is 1.84. The number of anilines is 1. The summed E-state index contributed by atoms with van der Waals surface area (Å²) in [6.45, 7) is 4.96. The molecule has 17 heteroatoms. The largest absolute Gasteiger partial charge is 0.405 e. The number of nitrogens with one attached hydrogen (secondary N) is 5. The van der Waals surface area contributed by atoms with Crippen LogP contribution in [0.4, 0.5) is 18.9 Å². The van der Waals surface area contributed by atoms with E-state index in [1.165, 1.54) is 32.2 Å². The fourth-order valence-corrected chi connectivity index (χ4v) is 5.98. The highest BCUT2D eigenvalue weighted by atomic mass is 79.9. The van der Waals surface area contributed by atoms with Crippen LogP contribution < -0.4 is 30.9 Å². The van der Waals surface area contributed by atoms with Crippen LogP contribution in [0.1, 0.15) is 65.6 Å². The number of rotatable bonds is 17. The molecule has 3 aromatic rings. The van der Waals surface area contributed by atoms with Gasteiger partial charge in [-0.2, -0.15) is 13.2 Å². The number of benzene rings is 3. The molecule has 0 fully saturated rings. The summed E-state index contributed by atoms with van der Waals surface area (Å²) >= 11 is 3.38. The van der Waals surface area contributed by atoms with Gasteiger partial charge in [0.2, 0.25) is 21.8 Å². The summed E-state index contributed by atoms with van der Waals surface area (Å²) in [6, 6.07) is 17.3. The molecule has 12 nitrogen and oxygen atoms in total. The molecule has 0 aliphatic rings. The first kappa shape index (κ1) is 43.9. The van der Waals surface area contributed by atoms with Crippen LogP contribution in [0, 0.1) is 5.92 Å². The van der Waals surface area contributed by atoms with E-state index in [1.807, 2.05) is 54.6 Å². The van der Waals surface area contributed by atoms with Gasteiger partial charge in [0.05, 0.1) is 24.0 Å². The molecule has 4 amide bonds. The maximum atomic E-state index is 13.9. The van der Waals surface area contributed by atoms with Gasteiger partial charge in [-0.3, -0.25) is 23.5 Å². The van der Waals surface area contributed by atoms with Crippen LogP contribution in [0.2, 0.25) is 0 Å². The Hall–Kier alpha value is -4.48. The third-order valence-corrected chi connectivity index (χ3v) is 10.2. The van der Waals surface area contributed by atoms with Gasteiger partial charge in [-0.15, -0.1) is 0 Å². The fraction of sp³-hybridized carbons (Fsp3) is 0.405. The molecule has 0 aromatic heterocycles. The van der Waals surface area contributed by atoms with E-state index in [2.05, 4.69) is 37.2 Å². The summed E-state index contributed by atoms with van der Waals surface area (Å²) in [5.74, 6) is -3.32. The maximum Gasteiger partial charge on any atom is 0.405 e. The summed E-state index contributed by atoms with van der Waals surface area (Å²) in [5, 5.41) is 13.1. The Morgan fingerprint density at radius 2 is 1.39 bits per heavy atom. The predicted octanol–water partition coefficient (Wildman–Crippen LogP) is 4.47. The van der Waals surface area contributed by atoms with E-state index >= 15 is 0 Å². The maximum absolute atomic E-state index is 13.9. The molecule has 4 atom stereocenters. The number of halogens is 4. The molecule has 3 aromatic carbocycles. The SMILES string of the molecule is CC(NC[C@H](Cc1ccccc1)NC(=O)c1cc(C(=O)N[C@H](C)c2ccc(Br)cc2)cc(N(C)S(C)(=O)=O)c1)C(=O)N[C@H](C(=O)NCC(F)(F)F)C(C)C. The molecule has 54 heavy (non-hydrogen) atoms. The lowest BCUT2D eigenvalue weighted by molar-refractivity contribution is -0.141. The van der Waals surface area contributed by atoms with E-state index < -0.39 is 76.5 Å². The van der Waals surface area contributed by atoms with Crippen LogP contribution in [-0.4, -0.2) is 82.7 Å². The Kier molecular flexibility index (Phi) is 15.6. The molecule has 0 aliphatic heterocycles. The van der Waals surface area contributed by atoms with E-state index in [1.54, 1.807) is 26.1 Å².